The first-order chi connectivity index (χ1) is 26.2. The molecule has 0 aliphatic heterocycles. The summed E-state index contributed by atoms with van der Waals surface area (Å²) in [6, 6.07) is 65.2. The molecule has 4 nitrogen and oxygen atoms in total. The number of hydrogen-bond acceptors (Lipinski definition) is 4. The monoisotopic (exact) mass is 677 g/mol. The fourth-order valence-corrected chi connectivity index (χ4v) is 7.27. The number of benzene rings is 8. The summed E-state index contributed by atoms with van der Waals surface area (Å²) in [6.45, 7) is 0. The van der Waals surface area contributed by atoms with E-state index in [-0.39, 0.29) is 0 Å². The van der Waals surface area contributed by atoms with Crippen LogP contribution in [0.5, 0.6) is 0 Å². The molecule has 0 bridgehead atoms. The predicted octanol–water partition coefficient (Wildman–Crippen LogP) is 12.9. The number of fused-ring (bicyclic) bond motifs is 4. The lowest BCUT2D eigenvalue weighted by Crippen LogP contribution is -2.00. The Kier molecular flexibility index (Phi) is 7.43. The molecule has 10 rings (SSSR count). The second kappa shape index (κ2) is 12.9. The van der Waals surface area contributed by atoms with Gasteiger partial charge in [0.2, 0.25) is 0 Å². The first-order valence-electron chi connectivity index (χ1n) is 17.8. The van der Waals surface area contributed by atoms with Gasteiger partial charge in [0.15, 0.2) is 17.5 Å². The minimum Gasteiger partial charge on any atom is -0.455 e. The highest BCUT2D eigenvalue weighted by molar-refractivity contribution is 6.18. The van der Waals surface area contributed by atoms with Crippen LogP contribution in [0.25, 0.3) is 100 Å². The molecule has 0 fully saturated rings. The first kappa shape index (κ1) is 30.6. The summed E-state index contributed by atoms with van der Waals surface area (Å²) in [5, 5.41) is 4.52. The molecule has 8 aromatic carbocycles. The fourth-order valence-electron chi connectivity index (χ4n) is 7.27. The Morgan fingerprint density at radius 1 is 0.321 bits per heavy atom. The van der Waals surface area contributed by atoms with E-state index >= 15 is 0 Å². The summed E-state index contributed by atoms with van der Waals surface area (Å²) in [6.07, 6.45) is 0. The fraction of sp³-hybridized carbons (Fsp3) is 0. The van der Waals surface area contributed by atoms with E-state index < -0.39 is 0 Å². The zero-order valence-corrected chi connectivity index (χ0v) is 28.6. The van der Waals surface area contributed by atoms with E-state index in [1.807, 2.05) is 60.7 Å². The number of furan rings is 1. The molecule has 0 atom stereocenters. The minimum absolute atomic E-state index is 0.628. The smallest absolute Gasteiger partial charge is 0.164 e. The van der Waals surface area contributed by atoms with Crippen LogP contribution in [0.4, 0.5) is 0 Å². The molecule has 0 N–H and O–H groups in total. The Morgan fingerprint density at radius 3 is 1.42 bits per heavy atom. The lowest BCUT2D eigenvalue weighted by molar-refractivity contribution is 0.670. The molecule has 0 spiro atoms. The lowest BCUT2D eigenvalue weighted by atomic mass is 9.92. The van der Waals surface area contributed by atoms with Gasteiger partial charge in [0.05, 0.1) is 0 Å². The molecule has 10 aromatic rings. The Balaban J connectivity index is 1.13. The van der Waals surface area contributed by atoms with E-state index in [0.29, 0.717) is 17.5 Å². The summed E-state index contributed by atoms with van der Waals surface area (Å²) in [4.78, 5) is 14.8. The van der Waals surface area contributed by atoms with Crippen LogP contribution in [0.2, 0.25) is 0 Å². The Labute approximate surface area is 306 Å². The number of hydrogen-bond donors (Lipinski definition) is 0. The van der Waals surface area contributed by atoms with E-state index in [1.54, 1.807) is 0 Å². The summed E-state index contributed by atoms with van der Waals surface area (Å²) in [5.41, 5.74) is 11.3. The van der Waals surface area contributed by atoms with Crippen LogP contribution in [-0.4, -0.2) is 15.0 Å². The molecule has 0 aliphatic rings. The highest BCUT2D eigenvalue weighted by atomic mass is 16.3. The SMILES string of the molecule is c1ccc(-c2cccc(-c3ccc(-c4ccc(-c5nc(-c6ccccc6)nc(-c6ccccc6)n5)cc4)c4c3oc3cc5ccccc5cc34)c2)cc1. The van der Waals surface area contributed by atoms with Crippen molar-refractivity contribution in [1.29, 1.82) is 0 Å². The maximum atomic E-state index is 6.83. The molecule has 2 heterocycles. The molecular formula is C49H31N3O. The van der Waals surface area contributed by atoms with Gasteiger partial charge in [-0.25, -0.2) is 15.0 Å². The quantitative estimate of drug-likeness (QED) is 0.176. The van der Waals surface area contributed by atoms with Gasteiger partial charge < -0.3 is 4.42 Å². The van der Waals surface area contributed by atoms with Crippen molar-refractivity contribution in [3.8, 4) is 67.5 Å². The van der Waals surface area contributed by atoms with Crippen molar-refractivity contribution in [3.63, 3.8) is 0 Å². The molecule has 0 saturated carbocycles. The van der Waals surface area contributed by atoms with Gasteiger partial charge in [-0.3, -0.25) is 0 Å². The summed E-state index contributed by atoms with van der Waals surface area (Å²) < 4.78 is 6.83. The van der Waals surface area contributed by atoms with E-state index in [9.17, 15) is 0 Å². The zero-order chi connectivity index (χ0) is 35.1. The summed E-state index contributed by atoms with van der Waals surface area (Å²) in [5.74, 6) is 1.91. The van der Waals surface area contributed by atoms with Crippen molar-refractivity contribution in [2.24, 2.45) is 0 Å². The van der Waals surface area contributed by atoms with Crippen LogP contribution in [0.3, 0.4) is 0 Å². The van der Waals surface area contributed by atoms with E-state index in [1.165, 1.54) is 16.5 Å². The van der Waals surface area contributed by atoms with Crippen molar-refractivity contribution >= 4 is 32.7 Å². The molecule has 4 heteroatoms. The topological polar surface area (TPSA) is 51.8 Å². The molecule has 0 aliphatic carbocycles. The van der Waals surface area contributed by atoms with Gasteiger partial charge in [0, 0.05) is 33.0 Å². The summed E-state index contributed by atoms with van der Waals surface area (Å²) in [7, 11) is 0. The number of rotatable bonds is 6. The van der Waals surface area contributed by atoms with Gasteiger partial charge in [0.25, 0.3) is 0 Å². The normalized spacial score (nSPS) is 11.4. The van der Waals surface area contributed by atoms with Crippen molar-refractivity contribution < 1.29 is 4.42 Å². The van der Waals surface area contributed by atoms with E-state index in [4.69, 9.17) is 19.4 Å². The molecule has 0 saturated heterocycles. The first-order valence-corrected chi connectivity index (χ1v) is 17.8. The molecule has 53 heavy (non-hydrogen) atoms. The minimum atomic E-state index is 0.628. The molecule has 0 unspecified atom stereocenters. The van der Waals surface area contributed by atoms with Gasteiger partial charge in [0.1, 0.15) is 11.2 Å². The average molecular weight is 678 g/mol. The van der Waals surface area contributed by atoms with Gasteiger partial charge in [-0.2, -0.15) is 0 Å². The highest BCUT2D eigenvalue weighted by Gasteiger charge is 2.19. The summed E-state index contributed by atoms with van der Waals surface area (Å²) >= 11 is 0. The average Bonchev–Trinajstić information content (AvgIpc) is 3.61. The van der Waals surface area contributed by atoms with Crippen LogP contribution in [0.1, 0.15) is 0 Å². The van der Waals surface area contributed by atoms with E-state index in [0.717, 1.165) is 66.3 Å². The largest absolute Gasteiger partial charge is 0.455 e. The van der Waals surface area contributed by atoms with Crippen molar-refractivity contribution in [2.45, 2.75) is 0 Å². The number of aromatic nitrogens is 3. The van der Waals surface area contributed by atoms with Crippen LogP contribution < -0.4 is 0 Å². The standard InChI is InChI=1S/C49H31N3O/c1-4-13-32(14-5-1)37-21-12-22-40(29-37)42-28-27-41(45-43-30-38-19-10-11-20-39(38)31-44(43)53-46(42)45)33-23-25-36(26-24-33)49-51-47(34-15-6-2-7-16-34)50-48(52-49)35-17-8-3-9-18-35/h1-31H. The van der Waals surface area contributed by atoms with Gasteiger partial charge in [-0.15, -0.1) is 0 Å². The van der Waals surface area contributed by atoms with E-state index in [2.05, 4.69) is 127 Å². The van der Waals surface area contributed by atoms with Crippen LogP contribution >= 0.6 is 0 Å². The third-order valence-electron chi connectivity index (χ3n) is 9.92. The maximum Gasteiger partial charge on any atom is 0.164 e. The van der Waals surface area contributed by atoms with Gasteiger partial charge >= 0.3 is 0 Å². The molecule has 0 radical (unpaired) electrons. The van der Waals surface area contributed by atoms with Crippen LogP contribution in [0, 0.1) is 0 Å². The third kappa shape index (κ3) is 5.63. The maximum absolute atomic E-state index is 6.83. The van der Waals surface area contributed by atoms with Crippen molar-refractivity contribution in [3.05, 3.63) is 188 Å². The second-order valence-electron chi connectivity index (χ2n) is 13.2. The lowest BCUT2D eigenvalue weighted by Gasteiger charge is -2.11. The zero-order valence-electron chi connectivity index (χ0n) is 28.6. The van der Waals surface area contributed by atoms with Crippen LogP contribution in [0.15, 0.2) is 192 Å². The van der Waals surface area contributed by atoms with Gasteiger partial charge in [-0.1, -0.05) is 164 Å². The Morgan fingerprint density at radius 2 is 0.792 bits per heavy atom. The highest BCUT2D eigenvalue weighted by Crippen LogP contribution is 2.43. The molecule has 248 valence electrons. The molecular weight excluding hydrogens is 647 g/mol. The predicted molar refractivity (Wildman–Crippen MR) is 217 cm³/mol. The molecule has 0 amide bonds. The number of nitrogens with zero attached hydrogens (tertiary/aromatic N) is 3. The Bertz CT molecular complexity index is 2860. The van der Waals surface area contributed by atoms with Crippen molar-refractivity contribution in [1.82, 2.24) is 15.0 Å². The van der Waals surface area contributed by atoms with Gasteiger partial charge in [-0.05, 0) is 62.9 Å². The Hall–Kier alpha value is -7.17. The van der Waals surface area contributed by atoms with Crippen LogP contribution in [-0.2, 0) is 0 Å². The second-order valence-corrected chi connectivity index (χ2v) is 13.2. The molecule has 2 aromatic heterocycles. The third-order valence-corrected chi connectivity index (χ3v) is 9.92. The van der Waals surface area contributed by atoms with Crippen molar-refractivity contribution in [2.75, 3.05) is 0 Å².